The molecule has 1 atom stereocenters. The van der Waals surface area contributed by atoms with Crippen LogP contribution in [0.3, 0.4) is 0 Å². The molecule has 0 radical (unpaired) electrons. The van der Waals surface area contributed by atoms with E-state index in [4.69, 9.17) is 9.94 Å². The third-order valence-corrected chi connectivity index (χ3v) is 2.11. The Morgan fingerprint density at radius 1 is 1.44 bits per heavy atom. The molecule has 1 unspecified atom stereocenters. The number of hydrogen-bond donors (Lipinski definition) is 2. The summed E-state index contributed by atoms with van der Waals surface area (Å²) in [5, 5.41) is 8.99. The Bertz CT molecular complexity index is 313. The summed E-state index contributed by atoms with van der Waals surface area (Å²) in [6.45, 7) is 2.48. The summed E-state index contributed by atoms with van der Waals surface area (Å²) in [4.78, 5) is 16.0. The van der Waals surface area contributed by atoms with E-state index in [0.717, 1.165) is 12.0 Å². The van der Waals surface area contributed by atoms with Gasteiger partial charge in [-0.25, -0.2) is 0 Å². The van der Waals surface area contributed by atoms with Crippen molar-refractivity contribution in [1.82, 2.24) is 5.48 Å². The number of aliphatic carboxylic acids is 1. The van der Waals surface area contributed by atoms with E-state index in [1.54, 1.807) is 0 Å². The van der Waals surface area contributed by atoms with Gasteiger partial charge in [-0.15, -0.1) is 0 Å². The Morgan fingerprint density at radius 3 is 2.69 bits per heavy atom. The first kappa shape index (κ1) is 12.7. The molecule has 0 aliphatic rings. The second-order valence-electron chi connectivity index (χ2n) is 3.55. The average Bonchev–Trinajstić information content (AvgIpc) is 2.29. The van der Waals surface area contributed by atoms with E-state index in [2.05, 4.69) is 5.48 Å². The second kappa shape index (κ2) is 6.98. The minimum Gasteiger partial charge on any atom is -0.480 e. The van der Waals surface area contributed by atoms with Crippen LogP contribution < -0.4 is 5.48 Å². The number of carboxylic acid groups (broad SMARTS) is 1. The fourth-order valence-corrected chi connectivity index (χ4v) is 1.29. The SMILES string of the molecule is CCCONC(Cc1ccccc1)C(=O)O. The Kier molecular flexibility index (Phi) is 5.53. The molecule has 0 bridgehead atoms. The highest BCUT2D eigenvalue weighted by Gasteiger charge is 2.17. The highest BCUT2D eigenvalue weighted by molar-refractivity contribution is 5.73. The van der Waals surface area contributed by atoms with Gasteiger partial charge in [-0.1, -0.05) is 37.3 Å². The maximum Gasteiger partial charge on any atom is 0.323 e. The minimum absolute atomic E-state index is 0.417. The smallest absolute Gasteiger partial charge is 0.323 e. The lowest BCUT2D eigenvalue weighted by molar-refractivity contribution is -0.144. The molecule has 1 aromatic carbocycles. The molecule has 16 heavy (non-hydrogen) atoms. The van der Waals surface area contributed by atoms with Crippen molar-refractivity contribution in [3.8, 4) is 0 Å². The van der Waals surface area contributed by atoms with Gasteiger partial charge in [0.1, 0.15) is 6.04 Å². The van der Waals surface area contributed by atoms with Crippen LogP contribution in [0.1, 0.15) is 18.9 Å². The number of benzene rings is 1. The maximum absolute atomic E-state index is 11.0. The molecular weight excluding hydrogens is 206 g/mol. The first-order valence-electron chi connectivity index (χ1n) is 5.38. The molecular formula is C12H17NO3. The van der Waals surface area contributed by atoms with Gasteiger partial charge < -0.3 is 9.94 Å². The van der Waals surface area contributed by atoms with Crippen molar-refractivity contribution < 1.29 is 14.7 Å². The number of carboxylic acids is 1. The van der Waals surface area contributed by atoms with Crippen LogP contribution in [0.15, 0.2) is 30.3 Å². The summed E-state index contributed by atoms with van der Waals surface area (Å²) in [6, 6.07) is 8.78. The van der Waals surface area contributed by atoms with E-state index >= 15 is 0 Å². The van der Waals surface area contributed by atoms with E-state index in [9.17, 15) is 4.79 Å². The van der Waals surface area contributed by atoms with E-state index in [1.807, 2.05) is 37.3 Å². The van der Waals surface area contributed by atoms with Gasteiger partial charge in [-0.3, -0.25) is 4.79 Å². The molecule has 0 spiro atoms. The van der Waals surface area contributed by atoms with Gasteiger partial charge in [0.05, 0.1) is 6.61 Å². The largest absolute Gasteiger partial charge is 0.480 e. The molecule has 0 aromatic heterocycles. The molecule has 0 fully saturated rings. The predicted octanol–water partition coefficient (Wildman–Crippen LogP) is 1.61. The van der Waals surface area contributed by atoms with Crippen molar-refractivity contribution in [1.29, 1.82) is 0 Å². The zero-order valence-corrected chi connectivity index (χ0v) is 9.35. The summed E-state index contributed by atoms with van der Waals surface area (Å²) < 4.78 is 0. The maximum atomic E-state index is 11.0. The van der Waals surface area contributed by atoms with Crippen molar-refractivity contribution in [2.45, 2.75) is 25.8 Å². The lowest BCUT2D eigenvalue weighted by Gasteiger charge is -2.13. The molecule has 0 heterocycles. The Balaban J connectivity index is 2.48. The van der Waals surface area contributed by atoms with Crippen LogP contribution in [0, 0.1) is 0 Å². The van der Waals surface area contributed by atoms with Gasteiger partial charge >= 0.3 is 5.97 Å². The van der Waals surface area contributed by atoms with Crippen LogP contribution in [-0.2, 0) is 16.1 Å². The Hall–Kier alpha value is -1.39. The molecule has 4 heteroatoms. The number of hydrogen-bond acceptors (Lipinski definition) is 3. The van der Waals surface area contributed by atoms with E-state index in [-0.39, 0.29) is 0 Å². The lowest BCUT2D eigenvalue weighted by atomic mass is 10.1. The minimum atomic E-state index is -0.903. The molecule has 2 N–H and O–H groups in total. The average molecular weight is 223 g/mol. The number of rotatable bonds is 7. The fraction of sp³-hybridized carbons (Fsp3) is 0.417. The van der Waals surface area contributed by atoms with Gasteiger partial charge in [0.2, 0.25) is 0 Å². The van der Waals surface area contributed by atoms with Crippen molar-refractivity contribution in [2.24, 2.45) is 0 Å². The zero-order chi connectivity index (χ0) is 11.8. The summed E-state index contributed by atoms with van der Waals surface area (Å²) in [6.07, 6.45) is 1.27. The van der Waals surface area contributed by atoms with Gasteiger partial charge in [0, 0.05) is 6.42 Å². The van der Waals surface area contributed by atoms with Crippen LogP contribution in [-0.4, -0.2) is 23.7 Å². The third-order valence-electron chi connectivity index (χ3n) is 2.11. The van der Waals surface area contributed by atoms with Crippen LogP contribution in [0.2, 0.25) is 0 Å². The van der Waals surface area contributed by atoms with Crippen molar-refractivity contribution in [3.63, 3.8) is 0 Å². The van der Waals surface area contributed by atoms with Crippen LogP contribution in [0.25, 0.3) is 0 Å². The van der Waals surface area contributed by atoms with Gasteiger partial charge in [0.15, 0.2) is 0 Å². The highest BCUT2D eigenvalue weighted by atomic mass is 16.6. The number of nitrogens with one attached hydrogen (secondary N) is 1. The zero-order valence-electron chi connectivity index (χ0n) is 9.35. The molecule has 4 nitrogen and oxygen atoms in total. The number of carbonyl (C=O) groups is 1. The van der Waals surface area contributed by atoms with E-state index in [0.29, 0.717) is 13.0 Å². The van der Waals surface area contributed by atoms with Gasteiger partial charge in [-0.2, -0.15) is 5.48 Å². The van der Waals surface area contributed by atoms with Crippen molar-refractivity contribution in [2.75, 3.05) is 6.61 Å². The summed E-state index contributed by atoms with van der Waals surface area (Å²) >= 11 is 0. The molecule has 0 saturated heterocycles. The monoisotopic (exact) mass is 223 g/mol. The molecule has 88 valence electrons. The quantitative estimate of drug-likeness (QED) is 0.544. The van der Waals surface area contributed by atoms with E-state index in [1.165, 1.54) is 0 Å². The first-order chi connectivity index (χ1) is 7.74. The predicted molar refractivity (Wildman–Crippen MR) is 60.9 cm³/mol. The second-order valence-corrected chi connectivity index (χ2v) is 3.55. The third kappa shape index (κ3) is 4.42. The Morgan fingerprint density at radius 2 is 2.12 bits per heavy atom. The van der Waals surface area contributed by atoms with Crippen LogP contribution in [0.5, 0.6) is 0 Å². The summed E-state index contributed by atoms with van der Waals surface area (Å²) in [7, 11) is 0. The van der Waals surface area contributed by atoms with Gasteiger partial charge in [-0.05, 0) is 12.0 Å². The fourth-order valence-electron chi connectivity index (χ4n) is 1.29. The molecule has 0 aliphatic carbocycles. The molecule has 1 aromatic rings. The Labute approximate surface area is 95.2 Å². The van der Waals surface area contributed by atoms with Crippen molar-refractivity contribution >= 4 is 5.97 Å². The topological polar surface area (TPSA) is 58.6 Å². The molecule has 0 saturated carbocycles. The standard InChI is InChI=1S/C12H17NO3/c1-2-8-16-13-11(12(14)15)9-10-6-4-3-5-7-10/h3-7,11,13H,2,8-9H2,1H3,(H,14,15). The normalized spacial score (nSPS) is 12.3. The lowest BCUT2D eigenvalue weighted by Crippen LogP contribution is -2.38. The molecule has 0 amide bonds. The highest BCUT2D eigenvalue weighted by Crippen LogP contribution is 2.03. The van der Waals surface area contributed by atoms with Crippen LogP contribution in [0.4, 0.5) is 0 Å². The first-order valence-corrected chi connectivity index (χ1v) is 5.38. The van der Waals surface area contributed by atoms with E-state index < -0.39 is 12.0 Å². The molecule has 1 rings (SSSR count). The van der Waals surface area contributed by atoms with Crippen LogP contribution >= 0.6 is 0 Å². The molecule has 0 aliphatic heterocycles. The van der Waals surface area contributed by atoms with Crippen molar-refractivity contribution in [3.05, 3.63) is 35.9 Å². The summed E-state index contributed by atoms with van der Waals surface area (Å²) in [5.41, 5.74) is 3.54. The number of hydroxylamine groups is 1. The van der Waals surface area contributed by atoms with Gasteiger partial charge in [0.25, 0.3) is 0 Å². The summed E-state index contributed by atoms with van der Waals surface area (Å²) in [5.74, 6) is -0.903.